The van der Waals surface area contributed by atoms with Crippen molar-refractivity contribution in [1.29, 1.82) is 0 Å². The van der Waals surface area contributed by atoms with Crippen LogP contribution in [-0.2, 0) is 14.8 Å². The maximum Gasteiger partial charge on any atom is 0.252 e. The van der Waals surface area contributed by atoms with Crippen LogP contribution < -0.4 is 5.11 Å². The number of benzene rings is 1. The minimum absolute atomic E-state index is 0.00575. The van der Waals surface area contributed by atoms with Crippen molar-refractivity contribution in [1.82, 2.24) is 4.31 Å². The summed E-state index contributed by atoms with van der Waals surface area (Å²) in [6.45, 7) is 4.87. The molecule has 7 heteroatoms. The molecule has 0 atom stereocenters. The summed E-state index contributed by atoms with van der Waals surface area (Å²) in [5, 5.41) is 11.7. The summed E-state index contributed by atoms with van der Waals surface area (Å²) in [5.74, 6) is -1.32. The number of thiophene rings is 1. The Morgan fingerprint density at radius 3 is 2.48 bits per heavy atom. The van der Waals surface area contributed by atoms with Gasteiger partial charge in [0, 0.05) is 23.5 Å². The van der Waals surface area contributed by atoms with Crippen LogP contribution in [0.1, 0.15) is 40.8 Å². The van der Waals surface area contributed by atoms with Gasteiger partial charge in [-0.2, -0.15) is 4.31 Å². The second-order valence-electron chi connectivity index (χ2n) is 6.79. The molecule has 1 aliphatic rings. The van der Waals surface area contributed by atoms with Crippen molar-refractivity contribution in [2.75, 3.05) is 13.1 Å². The van der Waals surface area contributed by atoms with E-state index in [9.17, 15) is 18.3 Å². The number of piperidine rings is 1. The Labute approximate surface area is 164 Å². The number of rotatable bonds is 5. The normalized spacial score (nSPS) is 16.4. The number of carboxylic acids is 1. The molecule has 1 aromatic heterocycles. The van der Waals surface area contributed by atoms with Gasteiger partial charge in [-0.3, -0.25) is 0 Å². The number of carboxylic acid groups (broad SMARTS) is 1. The van der Waals surface area contributed by atoms with Gasteiger partial charge < -0.3 is 9.90 Å². The second kappa shape index (κ2) is 7.96. The van der Waals surface area contributed by atoms with E-state index >= 15 is 0 Å². The van der Waals surface area contributed by atoms with Crippen LogP contribution in [0.4, 0.5) is 0 Å². The first-order valence-electron chi connectivity index (χ1n) is 8.90. The molecule has 3 rings (SSSR count). The third-order valence-corrected chi connectivity index (χ3v) is 8.20. The van der Waals surface area contributed by atoms with Crippen molar-refractivity contribution in [2.24, 2.45) is 0 Å². The van der Waals surface area contributed by atoms with Gasteiger partial charge in [-0.05, 0) is 56.0 Å². The van der Waals surface area contributed by atoms with Crippen LogP contribution in [0.25, 0.3) is 11.6 Å². The fourth-order valence-electron chi connectivity index (χ4n) is 3.14. The van der Waals surface area contributed by atoms with Gasteiger partial charge in [-0.15, -0.1) is 11.3 Å². The minimum Gasteiger partial charge on any atom is -0.545 e. The molecule has 27 heavy (non-hydrogen) atoms. The molecule has 0 saturated carbocycles. The summed E-state index contributed by atoms with van der Waals surface area (Å²) >= 11 is 0.980. The lowest BCUT2D eigenvalue weighted by atomic mass is 10.0. The average molecular weight is 405 g/mol. The van der Waals surface area contributed by atoms with Gasteiger partial charge in [0.15, 0.2) is 0 Å². The molecule has 1 aliphatic heterocycles. The highest BCUT2D eigenvalue weighted by Gasteiger charge is 2.27. The van der Waals surface area contributed by atoms with E-state index in [1.165, 1.54) is 10.4 Å². The van der Waals surface area contributed by atoms with Crippen LogP contribution >= 0.6 is 11.3 Å². The fraction of sp³-hybridized carbons (Fsp3) is 0.350. The molecular weight excluding hydrogens is 382 g/mol. The highest BCUT2D eigenvalue weighted by molar-refractivity contribution is 7.91. The van der Waals surface area contributed by atoms with Crippen LogP contribution in [0.15, 0.2) is 34.5 Å². The lowest BCUT2D eigenvalue weighted by Gasteiger charge is -2.25. The van der Waals surface area contributed by atoms with Crippen molar-refractivity contribution < 1.29 is 18.3 Å². The summed E-state index contributed by atoms with van der Waals surface area (Å²) in [6, 6.07) is 8.82. The monoisotopic (exact) mass is 404 g/mol. The number of nitrogens with zero attached hydrogens (tertiary/aromatic N) is 1. The number of aryl methyl sites for hydroxylation is 2. The maximum absolute atomic E-state index is 12.8. The molecule has 0 bridgehead atoms. The summed E-state index contributed by atoms with van der Waals surface area (Å²) in [5.41, 5.74) is 2.73. The van der Waals surface area contributed by atoms with E-state index in [1.54, 1.807) is 12.1 Å². The Balaban J connectivity index is 1.98. The standard InChI is InChI=1S/C20H23NO4S2/c1-14-6-7-15(2)16(12-14)13-17(20(22)23)18-8-9-19(26-18)27(24,25)21-10-4-3-5-11-21/h6-9,12-13H,3-5,10-11H2,1-2H3,(H,22,23)/p-1/b17-13-. The number of aliphatic carboxylic acids is 1. The number of carbonyl (C=O) groups is 1. The summed E-state index contributed by atoms with van der Waals surface area (Å²) in [4.78, 5) is 12.1. The maximum atomic E-state index is 12.8. The van der Waals surface area contributed by atoms with Crippen molar-refractivity contribution in [3.05, 3.63) is 51.9 Å². The molecule has 5 nitrogen and oxygen atoms in total. The van der Waals surface area contributed by atoms with Crippen molar-refractivity contribution >= 4 is 39.0 Å². The molecule has 0 amide bonds. The van der Waals surface area contributed by atoms with E-state index in [-0.39, 0.29) is 9.78 Å². The van der Waals surface area contributed by atoms with E-state index < -0.39 is 16.0 Å². The fourth-order valence-corrected chi connectivity index (χ4v) is 6.12. The number of hydrogen-bond acceptors (Lipinski definition) is 5. The molecule has 0 unspecified atom stereocenters. The molecular formula is C20H22NO4S2-. The van der Waals surface area contributed by atoms with Gasteiger partial charge in [0.25, 0.3) is 10.0 Å². The smallest absolute Gasteiger partial charge is 0.252 e. The highest BCUT2D eigenvalue weighted by Crippen LogP contribution is 2.32. The molecule has 2 heterocycles. The Morgan fingerprint density at radius 1 is 1.11 bits per heavy atom. The summed E-state index contributed by atoms with van der Waals surface area (Å²) < 4.78 is 27.3. The van der Waals surface area contributed by atoms with Gasteiger partial charge in [0.1, 0.15) is 4.21 Å². The Bertz CT molecular complexity index is 983. The molecule has 0 spiro atoms. The molecule has 2 aromatic rings. The molecule has 1 aromatic carbocycles. The Hall–Kier alpha value is -1.96. The lowest BCUT2D eigenvalue weighted by molar-refractivity contribution is -0.295. The molecule has 1 fully saturated rings. The SMILES string of the molecule is Cc1ccc(C)c(/C=C(\C(=O)[O-])c2ccc(S(=O)(=O)N3CCCCC3)s2)c1. The predicted octanol–water partition coefficient (Wildman–Crippen LogP) is 2.83. The zero-order chi connectivity index (χ0) is 19.6. The van der Waals surface area contributed by atoms with Gasteiger partial charge in [-0.25, -0.2) is 8.42 Å². The molecule has 144 valence electrons. The average Bonchev–Trinajstić information content (AvgIpc) is 3.13. The summed E-state index contributed by atoms with van der Waals surface area (Å²) in [6.07, 6.45) is 4.30. The molecule has 0 radical (unpaired) electrons. The first-order chi connectivity index (χ1) is 12.8. The van der Waals surface area contributed by atoms with E-state index in [0.717, 1.165) is 47.3 Å². The number of carbonyl (C=O) groups excluding carboxylic acids is 1. The van der Waals surface area contributed by atoms with Gasteiger partial charge in [0.2, 0.25) is 0 Å². The third kappa shape index (κ3) is 4.31. The topological polar surface area (TPSA) is 77.5 Å². The Morgan fingerprint density at radius 2 is 1.81 bits per heavy atom. The predicted molar refractivity (Wildman–Crippen MR) is 106 cm³/mol. The van der Waals surface area contributed by atoms with Gasteiger partial charge >= 0.3 is 0 Å². The lowest BCUT2D eigenvalue weighted by Crippen LogP contribution is -2.35. The first kappa shape index (κ1) is 19.8. The van der Waals surface area contributed by atoms with Gasteiger partial charge in [-0.1, -0.05) is 30.2 Å². The van der Waals surface area contributed by atoms with Crippen LogP contribution in [0.5, 0.6) is 0 Å². The Kier molecular flexibility index (Phi) is 5.83. The van der Waals surface area contributed by atoms with E-state index in [4.69, 9.17) is 0 Å². The number of hydrogen-bond donors (Lipinski definition) is 0. The van der Waals surface area contributed by atoms with E-state index in [1.807, 2.05) is 32.0 Å². The molecule has 0 N–H and O–H groups in total. The van der Waals surface area contributed by atoms with Crippen LogP contribution in [-0.4, -0.2) is 31.8 Å². The van der Waals surface area contributed by atoms with E-state index in [2.05, 4.69) is 0 Å². The first-order valence-corrected chi connectivity index (χ1v) is 11.2. The van der Waals surface area contributed by atoms with Crippen molar-refractivity contribution in [3.63, 3.8) is 0 Å². The van der Waals surface area contributed by atoms with E-state index in [0.29, 0.717) is 18.0 Å². The summed E-state index contributed by atoms with van der Waals surface area (Å²) in [7, 11) is -3.58. The minimum atomic E-state index is -3.58. The zero-order valence-corrected chi connectivity index (χ0v) is 17.0. The van der Waals surface area contributed by atoms with Crippen LogP contribution in [0, 0.1) is 13.8 Å². The number of sulfonamides is 1. The third-order valence-electron chi connectivity index (χ3n) is 4.71. The quantitative estimate of drug-likeness (QED) is 0.718. The van der Waals surface area contributed by atoms with Crippen LogP contribution in [0.2, 0.25) is 0 Å². The largest absolute Gasteiger partial charge is 0.545 e. The van der Waals surface area contributed by atoms with Gasteiger partial charge in [0.05, 0.1) is 5.97 Å². The van der Waals surface area contributed by atoms with Crippen molar-refractivity contribution in [2.45, 2.75) is 37.3 Å². The molecule has 1 saturated heterocycles. The second-order valence-corrected chi connectivity index (χ2v) is 10.0. The highest BCUT2D eigenvalue weighted by atomic mass is 32.2. The zero-order valence-electron chi connectivity index (χ0n) is 15.4. The van der Waals surface area contributed by atoms with Crippen molar-refractivity contribution in [3.8, 4) is 0 Å². The van der Waals surface area contributed by atoms with Crippen LogP contribution in [0.3, 0.4) is 0 Å². The molecule has 0 aliphatic carbocycles.